The molecule has 0 spiro atoms. The van der Waals surface area contributed by atoms with Crippen molar-refractivity contribution in [2.45, 2.75) is 11.7 Å². The molecule has 0 aromatic carbocycles. The molecule has 0 aliphatic heterocycles. The molecule has 2 heterocycles. The van der Waals surface area contributed by atoms with E-state index in [1.54, 1.807) is 11.3 Å². The Morgan fingerprint density at radius 1 is 1.50 bits per heavy atom. The number of nitrogen functional groups attached to an aromatic ring is 1. The van der Waals surface area contributed by atoms with Gasteiger partial charge >= 0.3 is 0 Å². The third kappa shape index (κ3) is 3.12. The standard InChI is InChI=1S/C11H15N5S2/c1-16(7-8-4-3-5-18-8)10-6-9(15-12)13-11(14-10)17-2/h3-6H,7,12H2,1-2H3,(H,13,14,15). The fourth-order valence-electron chi connectivity index (χ4n) is 1.49. The van der Waals surface area contributed by atoms with Crippen molar-refractivity contribution in [2.24, 2.45) is 5.84 Å². The Hall–Kier alpha value is -1.31. The minimum absolute atomic E-state index is 0.627. The lowest BCUT2D eigenvalue weighted by Gasteiger charge is -2.18. The lowest BCUT2D eigenvalue weighted by molar-refractivity contribution is 0.865. The molecule has 0 fully saturated rings. The van der Waals surface area contributed by atoms with Crippen molar-refractivity contribution in [3.63, 3.8) is 0 Å². The van der Waals surface area contributed by atoms with Gasteiger partial charge in [-0.3, -0.25) is 0 Å². The number of thiophene rings is 1. The molecule has 2 aromatic heterocycles. The molecule has 18 heavy (non-hydrogen) atoms. The number of hydrazine groups is 1. The normalized spacial score (nSPS) is 10.4. The zero-order valence-corrected chi connectivity index (χ0v) is 11.9. The van der Waals surface area contributed by atoms with Crippen LogP contribution in [0.5, 0.6) is 0 Å². The number of anilines is 2. The summed E-state index contributed by atoms with van der Waals surface area (Å²) < 4.78 is 0. The van der Waals surface area contributed by atoms with E-state index in [9.17, 15) is 0 Å². The summed E-state index contributed by atoms with van der Waals surface area (Å²) in [6.07, 6.45) is 1.94. The Kier molecular flexibility index (Phi) is 4.40. The summed E-state index contributed by atoms with van der Waals surface area (Å²) in [4.78, 5) is 12.1. The zero-order valence-electron chi connectivity index (χ0n) is 10.3. The Balaban J connectivity index is 2.20. The molecule has 0 saturated heterocycles. The van der Waals surface area contributed by atoms with Crippen molar-refractivity contribution in [1.29, 1.82) is 0 Å². The number of hydrogen-bond acceptors (Lipinski definition) is 7. The molecule has 7 heteroatoms. The molecule has 0 radical (unpaired) electrons. The monoisotopic (exact) mass is 281 g/mol. The smallest absolute Gasteiger partial charge is 0.191 e. The van der Waals surface area contributed by atoms with E-state index in [1.165, 1.54) is 16.6 Å². The van der Waals surface area contributed by atoms with E-state index in [2.05, 4.69) is 31.7 Å². The highest BCUT2D eigenvalue weighted by Gasteiger charge is 2.08. The number of rotatable bonds is 5. The molecule has 2 aromatic rings. The summed E-state index contributed by atoms with van der Waals surface area (Å²) in [7, 11) is 2.01. The lowest BCUT2D eigenvalue weighted by Crippen LogP contribution is -2.19. The van der Waals surface area contributed by atoms with Crippen LogP contribution >= 0.6 is 23.1 Å². The second kappa shape index (κ2) is 6.03. The summed E-state index contributed by atoms with van der Waals surface area (Å²) in [6, 6.07) is 6.00. The van der Waals surface area contributed by atoms with E-state index in [-0.39, 0.29) is 0 Å². The van der Waals surface area contributed by atoms with Crippen LogP contribution in [0.15, 0.2) is 28.7 Å². The number of nitrogens with one attached hydrogen (secondary N) is 1. The first-order valence-corrected chi connectivity index (χ1v) is 7.46. The summed E-state index contributed by atoms with van der Waals surface area (Å²) in [6.45, 7) is 0.826. The minimum atomic E-state index is 0.627. The first kappa shape index (κ1) is 13.1. The highest BCUT2D eigenvalue weighted by molar-refractivity contribution is 7.98. The number of nitrogens with two attached hydrogens (primary N) is 1. The summed E-state index contributed by atoms with van der Waals surface area (Å²) in [5, 5.41) is 2.78. The van der Waals surface area contributed by atoms with Gasteiger partial charge < -0.3 is 10.3 Å². The Morgan fingerprint density at radius 3 is 2.94 bits per heavy atom. The first-order valence-electron chi connectivity index (χ1n) is 5.36. The molecule has 0 unspecified atom stereocenters. The molecule has 0 aliphatic carbocycles. The van der Waals surface area contributed by atoms with Gasteiger partial charge in [0, 0.05) is 18.0 Å². The van der Waals surface area contributed by atoms with Gasteiger partial charge in [0.15, 0.2) is 5.16 Å². The molecule has 2 rings (SSSR count). The Labute approximate surface area is 114 Å². The fraction of sp³-hybridized carbons (Fsp3) is 0.273. The molecular weight excluding hydrogens is 266 g/mol. The minimum Gasteiger partial charge on any atom is -0.354 e. The fourth-order valence-corrected chi connectivity index (χ4v) is 2.62. The second-order valence-corrected chi connectivity index (χ2v) is 5.48. The molecule has 0 aliphatic rings. The lowest BCUT2D eigenvalue weighted by atomic mass is 10.4. The van der Waals surface area contributed by atoms with Gasteiger partial charge in [-0.15, -0.1) is 11.3 Å². The van der Waals surface area contributed by atoms with E-state index in [4.69, 9.17) is 5.84 Å². The average molecular weight is 281 g/mol. The van der Waals surface area contributed by atoms with Crippen LogP contribution < -0.4 is 16.2 Å². The van der Waals surface area contributed by atoms with Gasteiger partial charge in [0.05, 0.1) is 6.54 Å². The molecule has 0 atom stereocenters. The molecule has 0 amide bonds. The highest BCUT2D eigenvalue weighted by atomic mass is 32.2. The third-order valence-electron chi connectivity index (χ3n) is 2.39. The van der Waals surface area contributed by atoms with Crippen molar-refractivity contribution in [3.05, 3.63) is 28.5 Å². The zero-order chi connectivity index (χ0) is 13.0. The Morgan fingerprint density at radius 2 is 2.33 bits per heavy atom. The van der Waals surface area contributed by atoms with Gasteiger partial charge in [0.1, 0.15) is 11.6 Å². The van der Waals surface area contributed by atoms with E-state index in [0.29, 0.717) is 11.0 Å². The topological polar surface area (TPSA) is 67.1 Å². The number of hydrogen-bond donors (Lipinski definition) is 2. The van der Waals surface area contributed by atoms with E-state index >= 15 is 0 Å². The quantitative estimate of drug-likeness (QED) is 0.379. The number of aromatic nitrogens is 2. The summed E-state index contributed by atoms with van der Waals surface area (Å²) in [5.74, 6) is 6.90. The van der Waals surface area contributed by atoms with Crippen molar-refractivity contribution >= 4 is 34.7 Å². The highest BCUT2D eigenvalue weighted by Crippen LogP contribution is 2.21. The van der Waals surface area contributed by atoms with Gasteiger partial charge in [-0.2, -0.15) is 0 Å². The average Bonchev–Trinajstić information content (AvgIpc) is 2.90. The molecule has 0 saturated carbocycles. The maximum Gasteiger partial charge on any atom is 0.191 e. The van der Waals surface area contributed by atoms with Crippen molar-refractivity contribution in [3.8, 4) is 0 Å². The predicted molar refractivity (Wildman–Crippen MR) is 78.0 cm³/mol. The van der Waals surface area contributed by atoms with Gasteiger partial charge in [-0.25, -0.2) is 15.8 Å². The van der Waals surface area contributed by atoms with Gasteiger partial charge in [-0.05, 0) is 17.7 Å². The van der Waals surface area contributed by atoms with Gasteiger partial charge in [0.2, 0.25) is 0 Å². The van der Waals surface area contributed by atoms with E-state index < -0.39 is 0 Å². The molecule has 3 N–H and O–H groups in total. The van der Waals surface area contributed by atoms with Crippen LogP contribution in [-0.2, 0) is 6.54 Å². The predicted octanol–water partition coefficient (Wildman–Crippen LogP) is 2.18. The van der Waals surface area contributed by atoms with Crippen LogP contribution in [0.1, 0.15) is 4.88 Å². The summed E-state index contributed by atoms with van der Waals surface area (Å²) >= 11 is 3.23. The number of nitrogens with zero attached hydrogens (tertiary/aromatic N) is 3. The molecule has 5 nitrogen and oxygen atoms in total. The molecular formula is C11H15N5S2. The van der Waals surface area contributed by atoms with Crippen LogP contribution in [0.3, 0.4) is 0 Å². The third-order valence-corrected chi connectivity index (χ3v) is 3.80. The van der Waals surface area contributed by atoms with Crippen LogP contribution in [-0.4, -0.2) is 23.3 Å². The Bertz CT molecular complexity index is 478. The van der Waals surface area contributed by atoms with Crippen LogP contribution in [0.4, 0.5) is 11.6 Å². The van der Waals surface area contributed by atoms with Crippen LogP contribution in [0, 0.1) is 0 Å². The molecule has 0 bridgehead atoms. The second-order valence-electron chi connectivity index (χ2n) is 3.68. The van der Waals surface area contributed by atoms with Gasteiger partial charge in [-0.1, -0.05) is 17.8 Å². The van der Waals surface area contributed by atoms with Crippen LogP contribution in [0.25, 0.3) is 0 Å². The van der Waals surface area contributed by atoms with E-state index in [0.717, 1.165) is 12.4 Å². The first-order chi connectivity index (χ1) is 8.72. The van der Waals surface area contributed by atoms with Crippen molar-refractivity contribution < 1.29 is 0 Å². The van der Waals surface area contributed by atoms with Crippen molar-refractivity contribution in [1.82, 2.24) is 9.97 Å². The maximum absolute atomic E-state index is 5.41. The largest absolute Gasteiger partial charge is 0.354 e. The van der Waals surface area contributed by atoms with E-state index in [1.807, 2.05) is 25.4 Å². The molecule has 96 valence electrons. The SMILES string of the molecule is CSc1nc(NN)cc(N(C)Cc2cccs2)n1. The van der Waals surface area contributed by atoms with Crippen molar-refractivity contribution in [2.75, 3.05) is 23.6 Å². The van der Waals surface area contributed by atoms with Gasteiger partial charge in [0.25, 0.3) is 0 Å². The summed E-state index contributed by atoms with van der Waals surface area (Å²) in [5.41, 5.74) is 2.57. The van der Waals surface area contributed by atoms with Crippen LogP contribution in [0.2, 0.25) is 0 Å². The maximum atomic E-state index is 5.41. The number of thioether (sulfide) groups is 1.